The Morgan fingerprint density at radius 1 is 1.11 bits per heavy atom. The maximum atomic E-state index is 5.85. The Hall–Kier alpha value is -1.72. The molecular formula is C14H16N2O2S. The summed E-state index contributed by atoms with van der Waals surface area (Å²) in [6.45, 7) is 2.82. The lowest BCUT2D eigenvalue weighted by Gasteiger charge is -2.19. The second-order valence-corrected chi connectivity index (χ2v) is 5.38. The molecule has 0 saturated carbocycles. The van der Waals surface area contributed by atoms with Gasteiger partial charge in [0, 0.05) is 23.7 Å². The van der Waals surface area contributed by atoms with Gasteiger partial charge in [-0.1, -0.05) is 6.07 Å². The van der Waals surface area contributed by atoms with Crippen LogP contribution < -0.4 is 20.5 Å². The molecule has 1 aromatic carbocycles. The van der Waals surface area contributed by atoms with Gasteiger partial charge in [-0.3, -0.25) is 0 Å². The Kier molecular flexibility index (Phi) is 3.57. The number of rotatable bonds is 4. The van der Waals surface area contributed by atoms with Gasteiger partial charge in [-0.15, -0.1) is 11.3 Å². The zero-order chi connectivity index (χ0) is 13.1. The maximum absolute atomic E-state index is 5.85. The van der Waals surface area contributed by atoms with Crippen molar-refractivity contribution < 1.29 is 9.47 Å². The fourth-order valence-corrected chi connectivity index (χ4v) is 2.78. The van der Waals surface area contributed by atoms with E-state index >= 15 is 0 Å². The topological polar surface area (TPSA) is 56.5 Å². The quantitative estimate of drug-likeness (QED) is 0.900. The molecule has 0 aliphatic carbocycles. The van der Waals surface area contributed by atoms with E-state index in [-0.39, 0.29) is 0 Å². The summed E-state index contributed by atoms with van der Waals surface area (Å²) in [6, 6.07) is 7.98. The second-order valence-electron chi connectivity index (χ2n) is 4.38. The van der Waals surface area contributed by atoms with E-state index in [9.17, 15) is 0 Å². The number of nitrogens with one attached hydrogen (secondary N) is 1. The van der Waals surface area contributed by atoms with Gasteiger partial charge in [-0.2, -0.15) is 0 Å². The van der Waals surface area contributed by atoms with Crippen LogP contribution in [0.5, 0.6) is 11.5 Å². The molecular weight excluding hydrogens is 260 g/mol. The Morgan fingerprint density at radius 2 is 1.95 bits per heavy atom. The van der Waals surface area contributed by atoms with E-state index in [2.05, 4.69) is 11.4 Å². The van der Waals surface area contributed by atoms with Gasteiger partial charge in [-0.05, 0) is 29.1 Å². The molecule has 0 saturated heterocycles. The number of nitrogens with two attached hydrogens (primary N) is 1. The minimum absolute atomic E-state index is 0.621. The molecule has 0 unspecified atom stereocenters. The highest BCUT2D eigenvalue weighted by Gasteiger charge is 2.11. The van der Waals surface area contributed by atoms with Gasteiger partial charge >= 0.3 is 0 Å². The smallest absolute Gasteiger partial charge is 0.161 e. The van der Waals surface area contributed by atoms with Gasteiger partial charge in [0.25, 0.3) is 0 Å². The van der Waals surface area contributed by atoms with Crippen LogP contribution in [0.3, 0.4) is 0 Å². The van der Waals surface area contributed by atoms with Crippen LogP contribution in [0.15, 0.2) is 29.6 Å². The molecule has 2 heterocycles. The molecule has 3 rings (SSSR count). The summed E-state index contributed by atoms with van der Waals surface area (Å²) >= 11 is 1.68. The van der Waals surface area contributed by atoms with Crippen molar-refractivity contribution in [2.24, 2.45) is 0 Å². The lowest BCUT2D eigenvalue weighted by Crippen LogP contribution is -2.16. The summed E-state index contributed by atoms with van der Waals surface area (Å²) < 4.78 is 11.1. The predicted octanol–water partition coefficient (Wildman–Crippen LogP) is 2.39. The van der Waals surface area contributed by atoms with E-state index < -0.39 is 0 Å². The zero-order valence-electron chi connectivity index (χ0n) is 10.5. The van der Waals surface area contributed by atoms with Crippen molar-refractivity contribution in [3.05, 3.63) is 40.1 Å². The van der Waals surface area contributed by atoms with Gasteiger partial charge in [-0.25, -0.2) is 0 Å². The van der Waals surface area contributed by atoms with E-state index in [0.717, 1.165) is 30.3 Å². The fraction of sp³-hybridized carbons (Fsp3) is 0.286. The van der Waals surface area contributed by atoms with Crippen LogP contribution >= 0.6 is 11.3 Å². The van der Waals surface area contributed by atoms with Crippen LogP contribution in [0, 0.1) is 0 Å². The molecule has 0 radical (unpaired) electrons. The van der Waals surface area contributed by atoms with Gasteiger partial charge < -0.3 is 20.5 Å². The van der Waals surface area contributed by atoms with E-state index in [4.69, 9.17) is 15.2 Å². The molecule has 3 N–H and O–H groups in total. The highest BCUT2D eigenvalue weighted by Crippen LogP contribution is 2.30. The van der Waals surface area contributed by atoms with Gasteiger partial charge in [0.2, 0.25) is 0 Å². The van der Waals surface area contributed by atoms with Crippen molar-refractivity contribution in [1.82, 2.24) is 5.32 Å². The number of hydrogen-bond acceptors (Lipinski definition) is 5. The van der Waals surface area contributed by atoms with Crippen molar-refractivity contribution >= 4 is 17.0 Å². The maximum Gasteiger partial charge on any atom is 0.161 e. The molecule has 19 heavy (non-hydrogen) atoms. The molecule has 2 aromatic rings. The summed E-state index contributed by atoms with van der Waals surface area (Å²) in [7, 11) is 0. The first kappa shape index (κ1) is 12.3. The van der Waals surface area contributed by atoms with Crippen LogP contribution in [0.25, 0.3) is 0 Å². The number of fused-ring (bicyclic) bond motifs is 1. The largest absolute Gasteiger partial charge is 0.486 e. The number of ether oxygens (including phenoxy) is 2. The Labute approximate surface area is 116 Å². The fourth-order valence-electron chi connectivity index (χ4n) is 2.01. The average Bonchev–Trinajstić information content (AvgIpc) is 2.84. The van der Waals surface area contributed by atoms with Crippen molar-refractivity contribution in [2.45, 2.75) is 13.1 Å². The predicted molar refractivity (Wildman–Crippen MR) is 76.7 cm³/mol. The van der Waals surface area contributed by atoms with Gasteiger partial charge in [0.15, 0.2) is 11.5 Å². The summed E-state index contributed by atoms with van der Waals surface area (Å²) in [5, 5.41) is 5.40. The number of benzene rings is 1. The number of hydrogen-bond donors (Lipinski definition) is 2. The molecule has 4 nitrogen and oxygen atoms in total. The molecule has 1 aliphatic heterocycles. The minimum atomic E-state index is 0.621. The molecule has 0 atom stereocenters. The average molecular weight is 276 g/mol. The van der Waals surface area contributed by atoms with Crippen molar-refractivity contribution in [1.29, 1.82) is 0 Å². The van der Waals surface area contributed by atoms with E-state index in [1.54, 1.807) is 11.3 Å². The first-order valence-electron chi connectivity index (χ1n) is 6.24. The van der Waals surface area contributed by atoms with Crippen molar-refractivity contribution in [3.8, 4) is 11.5 Å². The normalized spacial score (nSPS) is 13.5. The zero-order valence-corrected chi connectivity index (χ0v) is 11.3. The van der Waals surface area contributed by atoms with Crippen LogP contribution in [0.1, 0.15) is 10.4 Å². The van der Waals surface area contributed by atoms with Crippen LogP contribution in [-0.2, 0) is 13.1 Å². The van der Waals surface area contributed by atoms with Crippen LogP contribution in [0.4, 0.5) is 5.69 Å². The molecule has 0 spiro atoms. The molecule has 0 fully saturated rings. The van der Waals surface area contributed by atoms with E-state index in [1.807, 2.05) is 23.6 Å². The highest BCUT2D eigenvalue weighted by molar-refractivity contribution is 7.10. The third-order valence-electron chi connectivity index (χ3n) is 3.00. The number of thiophene rings is 1. The molecule has 100 valence electrons. The Balaban J connectivity index is 1.59. The number of anilines is 1. The first-order valence-corrected chi connectivity index (χ1v) is 7.12. The number of nitrogen functional groups attached to an aromatic ring is 1. The third-order valence-corrected chi connectivity index (χ3v) is 3.94. The monoisotopic (exact) mass is 276 g/mol. The van der Waals surface area contributed by atoms with Crippen molar-refractivity contribution in [3.63, 3.8) is 0 Å². The summed E-state index contributed by atoms with van der Waals surface area (Å²) in [6.07, 6.45) is 0. The summed E-state index contributed by atoms with van der Waals surface area (Å²) in [4.78, 5) is 1.18. The molecule has 1 aromatic heterocycles. The Morgan fingerprint density at radius 3 is 2.74 bits per heavy atom. The molecule has 0 amide bonds. The van der Waals surface area contributed by atoms with Crippen LogP contribution in [-0.4, -0.2) is 13.2 Å². The van der Waals surface area contributed by atoms with Gasteiger partial charge in [0.05, 0.1) is 0 Å². The Bertz CT molecular complexity index is 568. The molecule has 0 bridgehead atoms. The molecule has 5 heteroatoms. The lowest BCUT2D eigenvalue weighted by molar-refractivity contribution is 0.171. The standard InChI is InChI=1S/C14H16N2O2S/c15-11-3-6-19-14(11)9-16-8-10-1-2-12-13(7-10)18-5-4-17-12/h1-3,6-7,16H,4-5,8-9,15H2. The SMILES string of the molecule is Nc1ccsc1CNCc1ccc2c(c1)OCCO2. The molecule has 1 aliphatic rings. The summed E-state index contributed by atoms with van der Waals surface area (Å²) in [5.41, 5.74) is 7.89. The summed E-state index contributed by atoms with van der Waals surface area (Å²) in [5.74, 6) is 1.67. The second kappa shape index (κ2) is 5.50. The minimum Gasteiger partial charge on any atom is -0.486 e. The van der Waals surface area contributed by atoms with E-state index in [1.165, 1.54) is 10.4 Å². The lowest BCUT2D eigenvalue weighted by atomic mass is 10.2. The first-order chi connectivity index (χ1) is 9.33. The van der Waals surface area contributed by atoms with Crippen LogP contribution in [0.2, 0.25) is 0 Å². The highest BCUT2D eigenvalue weighted by atomic mass is 32.1. The third kappa shape index (κ3) is 2.83. The van der Waals surface area contributed by atoms with E-state index in [0.29, 0.717) is 13.2 Å². The van der Waals surface area contributed by atoms with Crippen molar-refractivity contribution in [2.75, 3.05) is 18.9 Å². The van der Waals surface area contributed by atoms with Gasteiger partial charge in [0.1, 0.15) is 13.2 Å².